The fraction of sp³-hybridized carbons (Fsp3) is 0.471. The second-order valence-electron chi connectivity index (χ2n) is 6.16. The van der Waals surface area contributed by atoms with E-state index >= 15 is 0 Å². The molecule has 1 fully saturated rings. The van der Waals surface area contributed by atoms with Gasteiger partial charge >= 0.3 is 0 Å². The monoisotopic (exact) mass is 347 g/mol. The van der Waals surface area contributed by atoms with Gasteiger partial charge in [0.15, 0.2) is 4.77 Å². The number of H-pyrrole nitrogens is 2. The SMILES string of the molecule is CO[C@H]1CCCCC[C@H]1NC(=O)c1ccc2c(=O)[nH]c(=S)[nH]c2c1. The van der Waals surface area contributed by atoms with E-state index in [9.17, 15) is 9.59 Å². The number of hydrogen-bond donors (Lipinski definition) is 3. The molecule has 1 amide bonds. The highest BCUT2D eigenvalue weighted by atomic mass is 32.1. The Bertz CT molecular complexity index is 858. The molecule has 24 heavy (non-hydrogen) atoms. The summed E-state index contributed by atoms with van der Waals surface area (Å²) < 4.78 is 5.79. The van der Waals surface area contributed by atoms with Gasteiger partial charge in [-0.15, -0.1) is 0 Å². The van der Waals surface area contributed by atoms with Crippen LogP contribution in [0.4, 0.5) is 0 Å². The number of methoxy groups -OCH3 is 1. The summed E-state index contributed by atoms with van der Waals surface area (Å²) in [7, 11) is 1.69. The van der Waals surface area contributed by atoms with Gasteiger partial charge in [-0.2, -0.15) is 0 Å². The van der Waals surface area contributed by atoms with Crippen molar-refractivity contribution < 1.29 is 9.53 Å². The first-order chi connectivity index (χ1) is 11.6. The molecule has 3 rings (SSSR count). The predicted molar refractivity (Wildman–Crippen MR) is 94.9 cm³/mol. The highest BCUT2D eigenvalue weighted by Crippen LogP contribution is 2.21. The molecule has 1 aromatic carbocycles. The maximum Gasteiger partial charge on any atom is 0.259 e. The van der Waals surface area contributed by atoms with Crippen molar-refractivity contribution >= 4 is 29.0 Å². The summed E-state index contributed by atoms with van der Waals surface area (Å²) in [5, 5.41) is 3.56. The Morgan fingerprint density at radius 1 is 1.25 bits per heavy atom. The molecule has 1 saturated carbocycles. The maximum atomic E-state index is 12.6. The molecule has 3 N–H and O–H groups in total. The Kier molecular flexibility index (Phi) is 5.11. The van der Waals surface area contributed by atoms with E-state index in [1.54, 1.807) is 25.3 Å². The van der Waals surface area contributed by atoms with Crippen molar-refractivity contribution in [1.29, 1.82) is 0 Å². The summed E-state index contributed by atoms with van der Waals surface area (Å²) in [6.07, 6.45) is 5.31. The number of aromatic nitrogens is 2. The lowest BCUT2D eigenvalue weighted by Crippen LogP contribution is -2.43. The van der Waals surface area contributed by atoms with E-state index in [2.05, 4.69) is 15.3 Å². The number of carbonyl (C=O) groups excluding carboxylic acids is 1. The molecular formula is C17H21N3O3S. The summed E-state index contributed by atoms with van der Waals surface area (Å²) in [5.41, 5.74) is 0.794. The van der Waals surface area contributed by atoms with Crippen molar-refractivity contribution in [2.75, 3.05) is 7.11 Å². The first-order valence-electron chi connectivity index (χ1n) is 8.18. The topological polar surface area (TPSA) is 87.0 Å². The molecule has 6 nitrogen and oxygen atoms in total. The van der Waals surface area contributed by atoms with E-state index in [0.717, 1.165) is 25.7 Å². The molecule has 1 aromatic heterocycles. The molecule has 2 atom stereocenters. The Labute approximate surface area is 144 Å². The molecular weight excluding hydrogens is 326 g/mol. The van der Waals surface area contributed by atoms with Crippen LogP contribution in [-0.2, 0) is 4.74 Å². The largest absolute Gasteiger partial charge is 0.379 e. The Balaban J connectivity index is 1.85. The van der Waals surface area contributed by atoms with Crippen molar-refractivity contribution in [1.82, 2.24) is 15.3 Å². The lowest BCUT2D eigenvalue weighted by Gasteiger charge is -2.25. The van der Waals surface area contributed by atoms with E-state index in [-0.39, 0.29) is 28.4 Å². The Morgan fingerprint density at radius 3 is 2.83 bits per heavy atom. The van der Waals surface area contributed by atoms with Gasteiger partial charge in [-0.1, -0.05) is 19.3 Å². The summed E-state index contributed by atoms with van der Waals surface area (Å²) in [5.74, 6) is -0.162. The van der Waals surface area contributed by atoms with Gasteiger partial charge in [-0.25, -0.2) is 0 Å². The molecule has 1 aliphatic carbocycles. The first kappa shape index (κ1) is 16.9. The Hall–Kier alpha value is -1.99. The van der Waals surface area contributed by atoms with Crippen LogP contribution in [0.3, 0.4) is 0 Å². The van der Waals surface area contributed by atoms with E-state index < -0.39 is 0 Å². The summed E-state index contributed by atoms with van der Waals surface area (Å²) in [4.78, 5) is 29.9. The van der Waals surface area contributed by atoms with Crippen molar-refractivity contribution in [3.8, 4) is 0 Å². The number of aromatic amines is 2. The van der Waals surface area contributed by atoms with Gasteiger partial charge in [0.05, 0.1) is 23.0 Å². The van der Waals surface area contributed by atoms with Gasteiger partial charge in [0.2, 0.25) is 0 Å². The molecule has 0 saturated heterocycles. The minimum Gasteiger partial charge on any atom is -0.379 e. The van der Waals surface area contributed by atoms with Crippen molar-refractivity contribution in [2.24, 2.45) is 0 Å². The lowest BCUT2D eigenvalue weighted by atomic mass is 10.0. The zero-order chi connectivity index (χ0) is 17.1. The second kappa shape index (κ2) is 7.27. The molecule has 0 aliphatic heterocycles. The van der Waals surface area contributed by atoms with Crippen LogP contribution in [0.2, 0.25) is 0 Å². The second-order valence-corrected chi connectivity index (χ2v) is 6.57. The van der Waals surface area contributed by atoms with E-state index in [1.807, 2.05) is 0 Å². The fourth-order valence-corrected chi connectivity index (χ4v) is 3.49. The van der Waals surface area contributed by atoms with E-state index in [0.29, 0.717) is 16.5 Å². The van der Waals surface area contributed by atoms with Gasteiger partial charge in [0.25, 0.3) is 11.5 Å². The molecule has 0 unspecified atom stereocenters. The average molecular weight is 347 g/mol. The van der Waals surface area contributed by atoms with Gasteiger partial charge in [-0.05, 0) is 43.3 Å². The van der Waals surface area contributed by atoms with Crippen LogP contribution in [0.5, 0.6) is 0 Å². The minimum atomic E-state index is -0.260. The zero-order valence-corrected chi connectivity index (χ0v) is 14.4. The molecule has 0 radical (unpaired) electrons. The van der Waals surface area contributed by atoms with Crippen molar-refractivity contribution in [3.63, 3.8) is 0 Å². The summed E-state index contributed by atoms with van der Waals surface area (Å²) in [6.45, 7) is 0. The Morgan fingerprint density at radius 2 is 2.04 bits per heavy atom. The number of benzene rings is 1. The standard InChI is InChI=1S/C17H21N3O3S/c1-23-14-6-4-2-3-5-12(14)18-15(21)10-7-8-11-13(9-10)19-17(24)20-16(11)22/h7-9,12,14H,2-6H2,1H3,(H,18,21)(H2,19,20,22,24)/t12-,14+/m1/s1. The number of fused-ring (bicyclic) bond motifs is 1. The predicted octanol–water partition coefficient (Wildman–Crippen LogP) is 2.66. The zero-order valence-electron chi connectivity index (χ0n) is 13.6. The smallest absolute Gasteiger partial charge is 0.259 e. The quantitative estimate of drug-likeness (QED) is 0.588. The average Bonchev–Trinajstić information content (AvgIpc) is 2.79. The van der Waals surface area contributed by atoms with Gasteiger partial charge < -0.3 is 15.0 Å². The highest BCUT2D eigenvalue weighted by Gasteiger charge is 2.25. The molecule has 2 aromatic rings. The van der Waals surface area contributed by atoms with Crippen molar-refractivity contribution in [2.45, 2.75) is 44.2 Å². The van der Waals surface area contributed by atoms with Gasteiger partial charge in [-0.3, -0.25) is 14.6 Å². The molecule has 0 spiro atoms. The molecule has 7 heteroatoms. The lowest BCUT2D eigenvalue weighted by molar-refractivity contribution is 0.0568. The number of rotatable bonds is 3. The third kappa shape index (κ3) is 3.57. The van der Waals surface area contributed by atoms with Crippen LogP contribution in [-0.4, -0.2) is 35.1 Å². The maximum absolute atomic E-state index is 12.6. The molecule has 128 valence electrons. The summed E-state index contributed by atoms with van der Waals surface area (Å²) >= 11 is 4.98. The van der Waals surface area contributed by atoms with Crippen LogP contribution in [0, 0.1) is 4.77 Å². The van der Waals surface area contributed by atoms with E-state index in [1.165, 1.54) is 6.42 Å². The van der Waals surface area contributed by atoms with Crippen LogP contribution in [0.25, 0.3) is 10.9 Å². The molecule has 1 heterocycles. The van der Waals surface area contributed by atoms with Crippen molar-refractivity contribution in [3.05, 3.63) is 38.9 Å². The third-order valence-corrected chi connectivity index (χ3v) is 4.78. The van der Waals surface area contributed by atoms with Gasteiger partial charge in [0, 0.05) is 12.7 Å². The summed E-state index contributed by atoms with van der Waals surface area (Å²) in [6, 6.07) is 4.96. The fourth-order valence-electron chi connectivity index (χ4n) is 3.28. The number of ether oxygens (including phenoxy) is 1. The van der Waals surface area contributed by atoms with E-state index in [4.69, 9.17) is 17.0 Å². The van der Waals surface area contributed by atoms with Gasteiger partial charge in [0.1, 0.15) is 0 Å². The highest BCUT2D eigenvalue weighted by molar-refractivity contribution is 7.71. The minimum absolute atomic E-state index is 0.0124. The number of nitrogens with one attached hydrogen (secondary N) is 3. The van der Waals surface area contributed by atoms with Crippen LogP contribution in [0.1, 0.15) is 42.5 Å². The number of hydrogen-bond acceptors (Lipinski definition) is 4. The molecule has 0 bridgehead atoms. The third-order valence-electron chi connectivity index (χ3n) is 4.57. The normalized spacial score (nSPS) is 21.4. The van der Waals surface area contributed by atoms with Crippen LogP contribution in [0.15, 0.2) is 23.0 Å². The number of amides is 1. The molecule has 1 aliphatic rings. The van der Waals surface area contributed by atoms with Crippen LogP contribution >= 0.6 is 12.2 Å². The van der Waals surface area contributed by atoms with Crippen LogP contribution < -0.4 is 10.9 Å². The first-order valence-corrected chi connectivity index (χ1v) is 8.59. The number of carbonyl (C=O) groups is 1.